The molecule has 0 bridgehead atoms. The van der Waals surface area contributed by atoms with Gasteiger partial charge in [-0.3, -0.25) is 0 Å². The molecule has 0 aliphatic carbocycles. The highest BCUT2D eigenvalue weighted by atomic mass is 19.4. The van der Waals surface area contributed by atoms with Gasteiger partial charge < -0.3 is 9.84 Å². The largest absolute Gasteiger partial charge is 0.480 e. The molecule has 0 fully saturated rings. The van der Waals surface area contributed by atoms with Crippen LogP contribution in [0.15, 0.2) is 24.3 Å². The van der Waals surface area contributed by atoms with Crippen molar-refractivity contribution in [2.75, 3.05) is 6.61 Å². The maximum Gasteiger partial charge on any atom is 0.418 e. The van der Waals surface area contributed by atoms with E-state index in [1.807, 2.05) is 0 Å². The molecule has 94 valence electrons. The predicted molar refractivity (Wildman–Crippen MR) is 48.8 cm³/mol. The van der Waals surface area contributed by atoms with E-state index in [9.17, 15) is 22.4 Å². The van der Waals surface area contributed by atoms with Gasteiger partial charge in [-0.25, -0.2) is 9.18 Å². The number of rotatable bonds is 4. The lowest BCUT2D eigenvalue weighted by molar-refractivity contribution is -0.225. The number of hydrogen-bond donors (Lipinski definition) is 1. The molecular formula is C10H8F4O3. The molecule has 0 unspecified atom stereocenters. The molecule has 0 amide bonds. The average molecular weight is 252 g/mol. The van der Waals surface area contributed by atoms with Crippen molar-refractivity contribution in [2.24, 2.45) is 0 Å². The first kappa shape index (κ1) is 13.4. The fourth-order valence-corrected chi connectivity index (χ4v) is 1.20. The van der Waals surface area contributed by atoms with E-state index in [4.69, 9.17) is 5.11 Å². The van der Waals surface area contributed by atoms with Gasteiger partial charge in [-0.1, -0.05) is 18.2 Å². The fraction of sp³-hybridized carbons (Fsp3) is 0.300. The van der Waals surface area contributed by atoms with E-state index in [0.717, 1.165) is 12.1 Å². The molecular weight excluding hydrogens is 244 g/mol. The van der Waals surface area contributed by atoms with E-state index < -0.39 is 36.2 Å². The van der Waals surface area contributed by atoms with Crippen molar-refractivity contribution in [2.45, 2.75) is 12.3 Å². The van der Waals surface area contributed by atoms with Gasteiger partial charge in [0, 0.05) is 5.56 Å². The summed E-state index contributed by atoms with van der Waals surface area (Å²) in [5, 5.41) is 8.26. The highest BCUT2D eigenvalue weighted by Crippen LogP contribution is 2.36. The summed E-state index contributed by atoms with van der Waals surface area (Å²) in [5.41, 5.74) is -0.735. The van der Waals surface area contributed by atoms with E-state index in [0.29, 0.717) is 0 Å². The SMILES string of the molecule is O=C(O)CO[C@@H](c1ccccc1F)C(F)(F)F. The van der Waals surface area contributed by atoms with Crippen LogP contribution in [0.1, 0.15) is 11.7 Å². The van der Waals surface area contributed by atoms with Crippen molar-refractivity contribution in [3.63, 3.8) is 0 Å². The molecule has 1 aromatic rings. The first-order valence-electron chi connectivity index (χ1n) is 4.47. The first-order valence-corrected chi connectivity index (χ1v) is 4.47. The Labute approximate surface area is 93.6 Å². The van der Waals surface area contributed by atoms with Crippen molar-refractivity contribution >= 4 is 5.97 Å². The van der Waals surface area contributed by atoms with Crippen LogP contribution in [0.5, 0.6) is 0 Å². The molecule has 3 nitrogen and oxygen atoms in total. The Morgan fingerprint density at radius 1 is 1.35 bits per heavy atom. The van der Waals surface area contributed by atoms with E-state index in [1.54, 1.807) is 0 Å². The van der Waals surface area contributed by atoms with Gasteiger partial charge in [0.05, 0.1) is 0 Å². The maximum absolute atomic E-state index is 13.2. The van der Waals surface area contributed by atoms with Crippen LogP contribution in [0.25, 0.3) is 0 Å². The van der Waals surface area contributed by atoms with E-state index in [2.05, 4.69) is 4.74 Å². The number of aliphatic carboxylic acids is 1. The number of ether oxygens (including phenoxy) is 1. The summed E-state index contributed by atoms with van der Waals surface area (Å²) >= 11 is 0. The van der Waals surface area contributed by atoms with Crippen LogP contribution in [0.3, 0.4) is 0 Å². The van der Waals surface area contributed by atoms with Gasteiger partial charge in [-0.05, 0) is 6.07 Å². The molecule has 0 spiro atoms. The topological polar surface area (TPSA) is 46.5 Å². The summed E-state index contributed by atoms with van der Waals surface area (Å²) in [6.45, 7) is -1.15. The van der Waals surface area contributed by atoms with Crippen LogP contribution >= 0.6 is 0 Å². The number of halogens is 4. The molecule has 0 saturated carbocycles. The van der Waals surface area contributed by atoms with Crippen LogP contribution in [0.4, 0.5) is 17.6 Å². The van der Waals surface area contributed by atoms with E-state index in [1.165, 1.54) is 12.1 Å². The number of hydrogen-bond acceptors (Lipinski definition) is 2. The Kier molecular flexibility index (Phi) is 4.06. The molecule has 17 heavy (non-hydrogen) atoms. The second-order valence-electron chi connectivity index (χ2n) is 3.15. The zero-order valence-corrected chi connectivity index (χ0v) is 8.37. The van der Waals surface area contributed by atoms with Gasteiger partial charge in [0.2, 0.25) is 0 Å². The molecule has 7 heteroatoms. The normalized spacial score (nSPS) is 13.4. The van der Waals surface area contributed by atoms with Crippen LogP contribution in [0, 0.1) is 5.82 Å². The number of carboxylic acid groups (broad SMARTS) is 1. The third-order valence-corrected chi connectivity index (χ3v) is 1.86. The molecule has 1 rings (SSSR count). The summed E-state index contributed by atoms with van der Waals surface area (Å²) in [4.78, 5) is 10.2. The second kappa shape index (κ2) is 5.13. The van der Waals surface area contributed by atoms with Gasteiger partial charge >= 0.3 is 12.1 Å². The van der Waals surface area contributed by atoms with Gasteiger partial charge in [-0.15, -0.1) is 0 Å². The smallest absolute Gasteiger partial charge is 0.418 e. The lowest BCUT2D eigenvalue weighted by Crippen LogP contribution is -2.26. The Hall–Kier alpha value is -1.63. The molecule has 0 aliphatic rings. The standard InChI is InChI=1S/C10H8F4O3/c11-7-4-2-1-3-6(7)9(10(12,13)14)17-5-8(15)16/h1-4,9H,5H2,(H,15,16)/t9-/m0/s1. The Bertz CT molecular complexity index is 403. The van der Waals surface area contributed by atoms with Crippen LogP contribution in [-0.2, 0) is 9.53 Å². The minimum atomic E-state index is -4.88. The van der Waals surface area contributed by atoms with Crippen molar-refractivity contribution in [3.8, 4) is 0 Å². The van der Waals surface area contributed by atoms with Gasteiger partial charge in [0.1, 0.15) is 12.4 Å². The molecule has 0 saturated heterocycles. The highest BCUT2D eigenvalue weighted by molar-refractivity contribution is 5.68. The molecule has 1 N–H and O–H groups in total. The van der Waals surface area contributed by atoms with Crippen molar-refractivity contribution in [3.05, 3.63) is 35.6 Å². The zero-order valence-electron chi connectivity index (χ0n) is 8.37. The summed E-state index contributed by atoms with van der Waals surface area (Å²) in [6.07, 6.45) is -7.46. The van der Waals surface area contributed by atoms with E-state index >= 15 is 0 Å². The number of benzene rings is 1. The molecule has 0 aromatic heterocycles. The second-order valence-corrected chi connectivity index (χ2v) is 3.15. The molecule has 1 atom stereocenters. The third kappa shape index (κ3) is 3.70. The van der Waals surface area contributed by atoms with E-state index in [-0.39, 0.29) is 0 Å². The van der Waals surface area contributed by atoms with Crippen molar-refractivity contribution in [1.29, 1.82) is 0 Å². The Morgan fingerprint density at radius 2 is 1.94 bits per heavy atom. The Morgan fingerprint density at radius 3 is 2.41 bits per heavy atom. The lowest BCUT2D eigenvalue weighted by atomic mass is 10.1. The quantitative estimate of drug-likeness (QED) is 0.837. The molecule has 0 heterocycles. The predicted octanol–water partition coefficient (Wildman–Crippen LogP) is 2.53. The highest BCUT2D eigenvalue weighted by Gasteiger charge is 2.43. The minimum Gasteiger partial charge on any atom is -0.480 e. The number of alkyl halides is 3. The fourth-order valence-electron chi connectivity index (χ4n) is 1.20. The maximum atomic E-state index is 13.2. The van der Waals surface area contributed by atoms with Crippen molar-refractivity contribution in [1.82, 2.24) is 0 Å². The summed E-state index contributed by atoms with van der Waals surface area (Å²) < 4.78 is 55.0. The molecule has 0 radical (unpaired) electrons. The first-order chi connectivity index (χ1) is 7.82. The number of carbonyl (C=O) groups is 1. The third-order valence-electron chi connectivity index (χ3n) is 1.86. The summed E-state index contributed by atoms with van der Waals surface area (Å²) in [6, 6.07) is 4.18. The van der Waals surface area contributed by atoms with Crippen LogP contribution < -0.4 is 0 Å². The molecule has 0 aliphatic heterocycles. The summed E-state index contributed by atoms with van der Waals surface area (Å²) in [5.74, 6) is -2.66. The van der Waals surface area contributed by atoms with Gasteiger partial charge in [-0.2, -0.15) is 13.2 Å². The zero-order chi connectivity index (χ0) is 13.1. The average Bonchev–Trinajstić information content (AvgIpc) is 2.18. The van der Waals surface area contributed by atoms with Crippen molar-refractivity contribution < 1.29 is 32.2 Å². The number of carboxylic acids is 1. The monoisotopic (exact) mass is 252 g/mol. The molecule has 1 aromatic carbocycles. The lowest BCUT2D eigenvalue weighted by Gasteiger charge is -2.20. The Balaban J connectivity index is 2.99. The van der Waals surface area contributed by atoms with Crippen LogP contribution in [-0.4, -0.2) is 23.9 Å². The van der Waals surface area contributed by atoms with Gasteiger partial charge in [0.15, 0.2) is 6.10 Å². The van der Waals surface area contributed by atoms with Gasteiger partial charge in [0.25, 0.3) is 0 Å². The van der Waals surface area contributed by atoms with Crippen LogP contribution in [0.2, 0.25) is 0 Å². The summed E-state index contributed by atoms with van der Waals surface area (Å²) in [7, 11) is 0. The minimum absolute atomic E-state index is 0.735.